The Labute approximate surface area is 108 Å². The molecule has 4 heteroatoms. The summed E-state index contributed by atoms with van der Waals surface area (Å²) in [6.07, 6.45) is 0. The van der Waals surface area contributed by atoms with Gasteiger partial charge in [0.1, 0.15) is 5.71 Å². The molecule has 0 saturated heterocycles. The van der Waals surface area contributed by atoms with Gasteiger partial charge in [0.25, 0.3) is 5.91 Å². The van der Waals surface area contributed by atoms with E-state index < -0.39 is 0 Å². The molecule has 0 aliphatic rings. The van der Waals surface area contributed by atoms with E-state index in [0.717, 1.165) is 5.69 Å². The SMILES string of the molecule is CN=C(C)C(=NC(C)C)C(=O)Nc1ccccc1. The van der Waals surface area contributed by atoms with Crippen molar-refractivity contribution >= 4 is 23.0 Å². The molecular formula is C14H19N3O. The number of benzene rings is 1. The minimum atomic E-state index is -0.224. The van der Waals surface area contributed by atoms with E-state index in [1.165, 1.54) is 0 Å². The largest absolute Gasteiger partial charge is 0.321 e. The van der Waals surface area contributed by atoms with Crippen molar-refractivity contribution in [3.05, 3.63) is 30.3 Å². The van der Waals surface area contributed by atoms with Gasteiger partial charge < -0.3 is 5.32 Å². The van der Waals surface area contributed by atoms with Gasteiger partial charge in [0.05, 0.1) is 5.71 Å². The van der Waals surface area contributed by atoms with Crippen molar-refractivity contribution in [2.45, 2.75) is 26.8 Å². The molecule has 0 radical (unpaired) electrons. The molecule has 18 heavy (non-hydrogen) atoms. The highest BCUT2D eigenvalue weighted by Crippen LogP contribution is 2.05. The topological polar surface area (TPSA) is 53.8 Å². The zero-order valence-corrected chi connectivity index (χ0v) is 11.3. The fourth-order valence-electron chi connectivity index (χ4n) is 1.39. The Hall–Kier alpha value is -1.97. The smallest absolute Gasteiger partial charge is 0.275 e. The minimum absolute atomic E-state index is 0.0539. The monoisotopic (exact) mass is 245 g/mol. The van der Waals surface area contributed by atoms with E-state index in [2.05, 4.69) is 15.3 Å². The summed E-state index contributed by atoms with van der Waals surface area (Å²) in [4.78, 5) is 20.5. The number of carbonyl (C=O) groups excluding carboxylic acids is 1. The number of rotatable bonds is 4. The number of anilines is 1. The zero-order valence-electron chi connectivity index (χ0n) is 11.3. The minimum Gasteiger partial charge on any atom is -0.321 e. The van der Waals surface area contributed by atoms with Gasteiger partial charge in [-0.25, -0.2) is 0 Å². The van der Waals surface area contributed by atoms with E-state index in [1.54, 1.807) is 14.0 Å². The number of aliphatic imine (C=N–C) groups is 2. The first-order chi connectivity index (χ1) is 8.54. The van der Waals surface area contributed by atoms with E-state index in [4.69, 9.17) is 0 Å². The molecule has 1 amide bonds. The predicted octanol–water partition coefficient (Wildman–Crippen LogP) is 2.57. The second kappa shape index (κ2) is 6.69. The van der Waals surface area contributed by atoms with Gasteiger partial charge in [0.2, 0.25) is 0 Å². The maximum atomic E-state index is 12.1. The van der Waals surface area contributed by atoms with Crippen LogP contribution in [0.1, 0.15) is 20.8 Å². The average molecular weight is 245 g/mol. The van der Waals surface area contributed by atoms with Crippen molar-refractivity contribution in [2.24, 2.45) is 9.98 Å². The molecule has 0 spiro atoms. The molecule has 1 rings (SSSR count). The quantitative estimate of drug-likeness (QED) is 0.814. The summed E-state index contributed by atoms with van der Waals surface area (Å²) in [7, 11) is 1.65. The molecular weight excluding hydrogens is 226 g/mol. The highest BCUT2D eigenvalue weighted by Gasteiger charge is 2.15. The van der Waals surface area contributed by atoms with Crippen LogP contribution in [0.5, 0.6) is 0 Å². The summed E-state index contributed by atoms with van der Waals surface area (Å²) in [5, 5.41) is 2.81. The molecule has 0 bridgehead atoms. The maximum Gasteiger partial charge on any atom is 0.275 e. The van der Waals surface area contributed by atoms with Crippen LogP contribution in [0.15, 0.2) is 40.3 Å². The standard InChI is InChI=1S/C14H19N3O/c1-10(2)16-13(11(3)15-4)14(18)17-12-8-6-5-7-9-12/h5-10H,1-4H3,(H,17,18). The summed E-state index contributed by atoms with van der Waals surface area (Å²) >= 11 is 0. The highest BCUT2D eigenvalue weighted by atomic mass is 16.1. The Bertz CT molecular complexity index is 461. The Balaban J connectivity index is 2.91. The Morgan fingerprint density at radius 1 is 1.22 bits per heavy atom. The number of amides is 1. The molecule has 0 aliphatic heterocycles. The van der Waals surface area contributed by atoms with Crippen LogP contribution in [-0.4, -0.2) is 30.4 Å². The lowest BCUT2D eigenvalue weighted by atomic mass is 10.2. The number of para-hydroxylation sites is 1. The van der Waals surface area contributed by atoms with Gasteiger partial charge in [-0.3, -0.25) is 14.8 Å². The van der Waals surface area contributed by atoms with Crippen LogP contribution in [0.25, 0.3) is 0 Å². The van der Waals surface area contributed by atoms with Gasteiger partial charge in [-0.1, -0.05) is 18.2 Å². The lowest BCUT2D eigenvalue weighted by Gasteiger charge is -2.09. The van der Waals surface area contributed by atoms with Gasteiger partial charge >= 0.3 is 0 Å². The van der Waals surface area contributed by atoms with Crippen molar-refractivity contribution in [1.29, 1.82) is 0 Å². The molecule has 0 atom stereocenters. The molecule has 0 fully saturated rings. The number of hydrogen-bond acceptors (Lipinski definition) is 3. The van der Waals surface area contributed by atoms with Crippen LogP contribution < -0.4 is 5.32 Å². The molecule has 96 valence electrons. The van der Waals surface area contributed by atoms with Gasteiger partial charge in [-0.05, 0) is 32.9 Å². The third-order valence-electron chi connectivity index (χ3n) is 2.31. The van der Waals surface area contributed by atoms with Crippen molar-refractivity contribution < 1.29 is 4.79 Å². The van der Waals surface area contributed by atoms with E-state index >= 15 is 0 Å². The van der Waals surface area contributed by atoms with Crippen molar-refractivity contribution in [3.8, 4) is 0 Å². The van der Waals surface area contributed by atoms with Crippen LogP contribution in [0.3, 0.4) is 0 Å². The van der Waals surface area contributed by atoms with Crippen LogP contribution >= 0.6 is 0 Å². The summed E-state index contributed by atoms with van der Waals surface area (Å²) in [6, 6.07) is 9.37. The fraction of sp³-hybridized carbons (Fsp3) is 0.357. The fourth-order valence-corrected chi connectivity index (χ4v) is 1.39. The summed E-state index contributed by atoms with van der Waals surface area (Å²) in [6.45, 7) is 5.64. The molecule has 4 nitrogen and oxygen atoms in total. The average Bonchev–Trinajstić information content (AvgIpc) is 2.36. The van der Waals surface area contributed by atoms with Gasteiger partial charge in [0, 0.05) is 18.8 Å². The molecule has 0 aliphatic carbocycles. The first-order valence-electron chi connectivity index (χ1n) is 5.92. The number of nitrogens with zero attached hydrogens (tertiary/aromatic N) is 2. The predicted molar refractivity (Wildman–Crippen MR) is 76.7 cm³/mol. The Morgan fingerprint density at radius 2 is 1.83 bits per heavy atom. The number of hydrogen-bond donors (Lipinski definition) is 1. The normalized spacial score (nSPS) is 12.7. The Morgan fingerprint density at radius 3 is 2.33 bits per heavy atom. The number of nitrogens with one attached hydrogen (secondary N) is 1. The maximum absolute atomic E-state index is 12.1. The third-order valence-corrected chi connectivity index (χ3v) is 2.31. The molecule has 0 heterocycles. The second-order valence-corrected chi connectivity index (χ2v) is 4.20. The number of carbonyl (C=O) groups is 1. The van der Waals surface area contributed by atoms with E-state index in [0.29, 0.717) is 11.4 Å². The van der Waals surface area contributed by atoms with Crippen molar-refractivity contribution in [2.75, 3.05) is 12.4 Å². The van der Waals surface area contributed by atoms with E-state index in [9.17, 15) is 4.79 Å². The van der Waals surface area contributed by atoms with Gasteiger partial charge in [-0.15, -0.1) is 0 Å². The van der Waals surface area contributed by atoms with Crippen LogP contribution in [0, 0.1) is 0 Å². The van der Waals surface area contributed by atoms with E-state index in [1.807, 2.05) is 44.2 Å². The van der Waals surface area contributed by atoms with Crippen LogP contribution in [0.4, 0.5) is 5.69 Å². The molecule has 0 unspecified atom stereocenters. The third kappa shape index (κ3) is 4.13. The molecule has 1 aromatic rings. The lowest BCUT2D eigenvalue weighted by molar-refractivity contribution is -0.110. The summed E-state index contributed by atoms with van der Waals surface area (Å²) in [5.74, 6) is -0.224. The summed E-state index contributed by atoms with van der Waals surface area (Å²) in [5.41, 5.74) is 1.77. The van der Waals surface area contributed by atoms with Gasteiger partial charge in [0.15, 0.2) is 0 Å². The van der Waals surface area contributed by atoms with Gasteiger partial charge in [-0.2, -0.15) is 0 Å². The van der Waals surface area contributed by atoms with Crippen LogP contribution in [0.2, 0.25) is 0 Å². The lowest BCUT2D eigenvalue weighted by Crippen LogP contribution is -2.29. The molecule has 0 aromatic heterocycles. The highest BCUT2D eigenvalue weighted by molar-refractivity contribution is 6.68. The first-order valence-corrected chi connectivity index (χ1v) is 5.92. The Kier molecular flexibility index (Phi) is 5.24. The molecule has 0 saturated carbocycles. The zero-order chi connectivity index (χ0) is 13.5. The molecule has 1 aromatic carbocycles. The van der Waals surface area contributed by atoms with Crippen molar-refractivity contribution in [3.63, 3.8) is 0 Å². The van der Waals surface area contributed by atoms with E-state index in [-0.39, 0.29) is 11.9 Å². The first kappa shape index (κ1) is 14.1. The summed E-state index contributed by atoms with van der Waals surface area (Å²) < 4.78 is 0. The second-order valence-electron chi connectivity index (χ2n) is 4.20. The van der Waals surface area contributed by atoms with Crippen LogP contribution in [-0.2, 0) is 4.79 Å². The van der Waals surface area contributed by atoms with Crippen molar-refractivity contribution in [1.82, 2.24) is 0 Å². The molecule has 1 N–H and O–H groups in total.